The summed E-state index contributed by atoms with van der Waals surface area (Å²) in [5.74, 6) is 1.72. The zero-order chi connectivity index (χ0) is 20.6. The SMILES string of the molecule is Cc1ccc(N2CCC(NC(=NCC(=O)N(C)C)NCc3cccs3)CC2)nc1. The van der Waals surface area contributed by atoms with Crippen molar-refractivity contribution >= 4 is 29.0 Å². The second kappa shape index (κ2) is 10.2. The molecule has 0 aliphatic carbocycles. The van der Waals surface area contributed by atoms with Gasteiger partial charge in [0.15, 0.2) is 5.96 Å². The van der Waals surface area contributed by atoms with E-state index in [9.17, 15) is 4.79 Å². The molecule has 29 heavy (non-hydrogen) atoms. The first-order valence-electron chi connectivity index (χ1n) is 9.96. The maximum atomic E-state index is 11.9. The van der Waals surface area contributed by atoms with Gasteiger partial charge in [0.2, 0.25) is 5.91 Å². The van der Waals surface area contributed by atoms with E-state index in [1.165, 1.54) is 10.4 Å². The number of anilines is 1. The number of thiophene rings is 1. The third-order valence-corrected chi connectivity index (χ3v) is 5.81. The normalized spacial score (nSPS) is 15.3. The fourth-order valence-electron chi connectivity index (χ4n) is 3.12. The minimum absolute atomic E-state index is 0.0116. The summed E-state index contributed by atoms with van der Waals surface area (Å²) in [5.41, 5.74) is 1.18. The molecule has 3 rings (SSSR count). The molecule has 1 saturated heterocycles. The summed E-state index contributed by atoms with van der Waals surface area (Å²) in [6, 6.07) is 8.64. The van der Waals surface area contributed by atoms with E-state index in [1.807, 2.05) is 12.3 Å². The highest BCUT2D eigenvalue weighted by molar-refractivity contribution is 7.09. The van der Waals surface area contributed by atoms with E-state index in [0.29, 0.717) is 18.5 Å². The summed E-state index contributed by atoms with van der Waals surface area (Å²) >= 11 is 1.71. The zero-order valence-electron chi connectivity index (χ0n) is 17.4. The van der Waals surface area contributed by atoms with Gasteiger partial charge in [0.25, 0.3) is 0 Å². The van der Waals surface area contributed by atoms with Gasteiger partial charge in [-0.1, -0.05) is 12.1 Å². The van der Waals surface area contributed by atoms with E-state index < -0.39 is 0 Å². The quantitative estimate of drug-likeness (QED) is 0.560. The van der Waals surface area contributed by atoms with Crippen molar-refractivity contribution in [2.45, 2.75) is 32.4 Å². The van der Waals surface area contributed by atoms with Crippen molar-refractivity contribution in [2.75, 3.05) is 38.6 Å². The van der Waals surface area contributed by atoms with Crippen molar-refractivity contribution in [3.63, 3.8) is 0 Å². The number of amides is 1. The predicted octanol–water partition coefficient (Wildman–Crippen LogP) is 2.24. The van der Waals surface area contributed by atoms with E-state index in [4.69, 9.17) is 0 Å². The van der Waals surface area contributed by atoms with Gasteiger partial charge in [0, 0.05) is 44.3 Å². The fourth-order valence-corrected chi connectivity index (χ4v) is 3.76. The summed E-state index contributed by atoms with van der Waals surface area (Å²) in [5, 5.41) is 8.95. The average Bonchev–Trinajstić information content (AvgIpc) is 3.24. The standard InChI is InChI=1S/C21H30N6OS/c1-16-6-7-19(22-13-16)27-10-8-17(9-11-27)25-21(24-15-20(28)26(2)3)23-14-18-5-4-12-29-18/h4-7,12-13,17H,8-11,14-15H2,1-3H3,(H2,23,24,25). The molecule has 2 aromatic rings. The number of likely N-dealkylation sites (N-methyl/N-ethyl adjacent to an activating group) is 1. The lowest BCUT2D eigenvalue weighted by atomic mass is 10.1. The Morgan fingerprint density at radius 2 is 2.10 bits per heavy atom. The highest BCUT2D eigenvalue weighted by Gasteiger charge is 2.21. The smallest absolute Gasteiger partial charge is 0.243 e. The van der Waals surface area contributed by atoms with Gasteiger partial charge in [0.05, 0.1) is 6.54 Å². The molecule has 0 saturated carbocycles. The van der Waals surface area contributed by atoms with Crippen LogP contribution >= 0.6 is 11.3 Å². The van der Waals surface area contributed by atoms with Gasteiger partial charge in [-0.05, 0) is 42.8 Å². The van der Waals surface area contributed by atoms with Crippen LogP contribution in [0.25, 0.3) is 0 Å². The molecule has 0 unspecified atom stereocenters. The molecule has 156 valence electrons. The highest BCUT2D eigenvalue weighted by Crippen LogP contribution is 2.18. The highest BCUT2D eigenvalue weighted by atomic mass is 32.1. The van der Waals surface area contributed by atoms with Gasteiger partial charge >= 0.3 is 0 Å². The Hall–Kier alpha value is -2.61. The molecule has 0 bridgehead atoms. The maximum absolute atomic E-state index is 11.9. The first-order valence-corrected chi connectivity index (χ1v) is 10.8. The van der Waals surface area contributed by atoms with Gasteiger partial charge < -0.3 is 20.4 Å². The number of carbonyl (C=O) groups excluding carboxylic acids is 1. The van der Waals surface area contributed by atoms with Crippen LogP contribution in [0.15, 0.2) is 40.8 Å². The number of guanidine groups is 1. The summed E-state index contributed by atoms with van der Waals surface area (Å²) in [6.45, 7) is 4.79. The Bertz CT molecular complexity index is 795. The molecule has 2 N–H and O–H groups in total. The molecular formula is C21H30N6OS. The molecule has 0 atom stereocenters. The Morgan fingerprint density at radius 3 is 2.72 bits per heavy atom. The topological polar surface area (TPSA) is 72.9 Å². The van der Waals surface area contributed by atoms with Gasteiger partial charge in [-0.2, -0.15) is 0 Å². The van der Waals surface area contributed by atoms with Crippen molar-refractivity contribution in [3.05, 3.63) is 46.3 Å². The zero-order valence-corrected chi connectivity index (χ0v) is 18.2. The van der Waals surface area contributed by atoms with Crippen LogP contribution in [0.1, 0.15) is 23.3 Å². The van der Waals surface area contributed by atoms with E-state index in [2.05, 4.69) is 56.0 Å². The van der Waals surface area contributed by atoms with E-state index in [1.54, 1.807) is 30.3 Å². The van der Waals surface area contributed by atoms with E-state index in [0.717, 1.165) is 31.7 Å². The first kappa shape index (κ1) is 21.1. The van der Waals surface area contributed by atoms with Crippen LogP contribution in [-0.2, 0) is 11.3 Å². The predicted molar refractivity (Wildman–Crippen MR) is 119 cm³/mol. The lowest BCUT2D eigenvalue weighted by Crippen LogP contribution is -2.49. The number of nitrogens with zero attached hydrogens (tertiary/aromatic N) is 4. The molecule has 1 aliphatic heterocycles. The van der Waals surface area contributed by atoms with Crippen molar-refractivity contribution in [1.82, 2.24) is 20.5 Å². The summed E-state index contributed by atoms with van der Waals surface area (Å²) in [6.07, 6.45) is 3.91. The Balaban J connectivity index is 1.56. The molecule has 0 radical (unpaired) electrons. The van der Waals surface area contributed by atoms with Crippen LogP contribution in [0.5, 0.6) is 0 Å². The number of rotatable bonds is 6. The van der Waals surface area contributed by atoms with Crippen molar-refractivity contribution in [3.8, 4) is 0 Å². The van der Waals surface area contributed by atoms with Gasteiger partial charge in [-0.15, -0.1) is 11.3 Å². The number of aryl methyl sites for hydroxylation is 1. The van der Waals surface area contributed by atoms with Crippen molar-refractivity contribution < 1.29 is 4.79 Å². The van der Waals surface area contributed by atoms with Gasteiger partial charge in [-0.3, -0.25) is 4.79 Å². The molecule has 0 aromatic carbocycles. The van der Waals surface area contributed by atoms with Crippen molar-refractivity contribution in [1.29, 1.82) is 0 Å². The first-order chi connectivity index (χ1) is 14.0. The second-order valence-corrected chi connectivity index (χ2v) is 8.52. The molecule has 0 spiro atoms. The van der Waals surface area contributed by atoms with Crippen LogP contribution < -0.4 is 15.5 Å². The third-order valence-electron chi connectivity index (χ3n) is 4.94. The van der Waals surface area contributed by atoms with E-state index in [-0.39, 0.29) is 12.5 Å². The van der Waals surface area contributed by atoms with Crippen LogP contribution in [0.4, 0.5) is 5.82 Å². The van der Waals surface area contributed by atoms with Gasteiger partial charge in [-0.25, -0.2) is 9.98 Å². The van der Waals surface area contributed by atoms with Crippen LogP contribution in [-0.4, -0.2) is 61.5 Å². The minimum Gasteiger partial charge on any atom is -0.356 e. The molecule has 8 heteroatoms. The molecule has 3 heterocycles. The number of piperidine rings is 1. The molecule has 1 fully saturated rings. The van der Waals surface area contributed by atoms with Crippen LogP contribution in [0.3, 0.4) is 0 Å². The number of aromatic nitrogens is 1. The molecule has 7 nitrogen and oxygen atoms in total. The van der Waals surface area contributed by atoms with Crippen LogP contribution in [0.2, 0.25) is 0 Å². The molecule has 1 amide bonds. The largest absolute Gasteiger partial charge is 0.356 e. The monoisotopic (exact) mass is 414 g/mol. The van der Waals surface area contributed by atoms with E-state index >= 15 is 0 Å². The molecular weight excluding hydrogens is 384 g/mol. The fraction of sp³-hybridized carbons (Fsp3) is 0.476. The number of hydrogen-bond acceptors (Lipinski definition) is 5. The number of aliphatic imine (C=N–C) groups is 1. The maximum Gasteiger partial charge on any atom is 0.243 e. The number of hydrogen-bond donors (Lipinski definition) is 2. The Morgan fingerprint density at radius 1 is 1.31 bits per heavy atom. The van der Waals surface area contributed by atoms with Crippen LogP contribution in [0, 0.1) is 6.92 Å². The second-order valence-electron chi connectivity index (χ2n) is 7.49. The molecule has 2 aromatic heterocycles. The Kier molecular flexibility index (Phi) is 7.46. The number of pyridine rings is 1. The number of nitrogens with one attached hydrogen (secondary N) is 2. The average molecular weight is 415 g/mol. The van der Waals surface area contributed by atoms with Crippen molar-refractivity contribution in [2.24, 2.45) is 4.99 Å². The van der Waals surface area contributed by atoms with Gasteiger partial charge in [0.1, 0.15) is 12.4 Å². The number of carbonyl (C=O) groups is 1. The lowest BCUT2D eigenvalue weighted by molar-refractivity contribution is -0.127. The third kappa shape index (κ3) is 6.45. The summed E-state index contributed by atoms with van der Waals surface area (Å²) in [7, 11) is 3.50. The Labute approximate surface area is 176 Å². The molecule has 1 aliphatic rings. The lowest BCUT2D eigenvalue weighted by Gasteiger charge is -2.34. The summed E-state index contributed by atoms with van der Waals surface area (Å²) in [4.78, 5) is 26.1. The minimum atomic E-state index is -0.0116. The summed E-state index contributed by atoms with van der Waals surface area (Å²) < 4.78 is 0.